The van der Waals surface area contributed by atoms with Crippen molar-refractivity contribution < 1.29 is 9.00 Å². The molecule has 3 N–H and O–H groups in total. The Balaban J connectivity index is 2.62. The molecule has 1 amide bonds. The molecule has 0 aliphatic carbocycles. The van der Waals surface area contributed by atoms with Gasteiger partial charge in [-0.1, -0.05) is 13.3 Å². The van der Waals surface area contributed by atoms with Crippen LogP contribution in [0.2, 0.25) is 0 Å². The first-order valence-electron chi connectivity index (χ1n) is 6.48. The molecule has 0 fully saturated rings. The number of anilines is 1. The van der Waals surface area contributed by atoms with Gasteiger partial charge in [0.2, 0.25) is 5.91 Å². The van der Waals surface area contributed by atoms with Gasteiger partial charge in [0.05, 0.1) is 10.8 Å². The first kappa shape index (κ1) is 15.7. The van der Waals surface area contributed by atoms with Gasteiger partial charge in [-0.25, -0.2) is 0 Å². The summed E-state index contributed by atoms with van der Waals surface area (Å²) in [5, 5.41) is 2.86. The van der Waals surface area contributed by atoms with E-state index in [0.29, 0.717) is 10.6 Å². The van der Waals surface area contributed by atoms with Crippen molar-refractivity contribution in [1.29, 1.82) is 0 Å². The molecule has 19 heavy (non-hydrogen) atoms. The van der Waals surface area contributed by atoms with Gasteiger partial charge in [0.15, 0.2) is 0 Å². The predicted octanol–water partition coefficient (Wildman–Crippen LogP) is 1.99. The Morgan fingerprint density at radius 2 is 2.16 bits per heavy atom. The van der Waals surface area contributed by atoms with Crippen molar-refractivity contribution in [3.05, 3.63) is 23.8 Å². The number of hydrogen-bond acceptors (Lipinski definition) is 3. The van der Waals surface area contributed by atoms with Crippen LogP contribution in [0.15, 0.2) is 23.1 Å². The zero-order valence-corrected chi connectivity index (χ0v) is 12.5. The Morgan fingerprint density at radius 3 is 2.74 bits per heavy atom. The second-order valence-electron chi connectivity index (χ2n) is 4.77. The second-order valence-corrected chi connectivity index (χ2v) is 6.19. The molecule has 2 unspecified atom stereocenters. The Hall–Kier alpha value is -1.36. The number of nitrogens with one attached hydrogen (secondary N) is 1. The number of aryl methyl sites for hydroxylation is 1. The van der Waals surface area contributed by atoms with E-state index >= 15 is 0 Å². The van der Waals surface area contributed by atoms with Crippen molar-refractivity contribution in [2.24, 2.45) is 0 Å². The molecule has 0 saturated carbocycles. The largest absolute Gasteiger partial charge is 0.399 e. The lowest BCUT2D eigenvalue weighted by atomic mass is 10.2. The molecular weight excluding hydrogens is 260 g/mol. The third kappa shape index (κ3) is 5.03. The van der Waals surface area contributed by atoms with Crippen molar-refractivity contribution in [3.8, 4) is 0 Å². The van der Waals surface area contributed by atoms with E-state index in [9.17, 15) is 9.00 Å². The lowest BCUT2D eigenvalue weighted by Gasteiger charge is -2.13. The van der Waals surface area contributed by atoms with E-state index in [1.807, 2.05) is 13.8 Å². The summed E-state index contributed by atoms with van der Waals surface area (Å²) < 4.78 is 12.1. The van der Waals surface area contributed by atoms with Gasteiger partial charge in [-0.05, 0) is 44.0 Å². The summed E-state index contributed by atoms with van der Waals surface area (Å²) in [6.45, 7) is 5.87. The number of rotatable bonds is 6. The summed E-state index contributed by atoms with van der Waals surface area (Å²) in [4.78, 5) is 12.4. The number of amides is 1. The maximum Gasteiger partial charge on any atom is 0.233 e. The molecule has 2 atom stereocenters. The smallest absolute Gasteiger partial charge is 0.233 e. The summed E-state index contributed by atoms with van der Waals surface area (Å²) in [5.41, 5.74) is 7.14. The van der Waals surface area contributed by atoms with Crippen LogP contribution >= 0.6 is 0 Å². The second kappa shape index (κ2) is 7.28. The molecular formula is C14H22N2O2S. The fourth-order valence-electron chi connectivity index (χ4n) is 1.95. The topological polar surface area (TPSA) is 72.2 Å². The minimum absolute atomic E-state index is 0.00118. The Kier molecular flexibility index (Phi) is 6.02. The summed E-state index contributed by atoms with van der Waals surface area (Å²) in [6, 6.07) is 5.33. The molecule has 0 spiro atoms. The maximum atomic E-state index is 12.1. The van der Waals surface area contributed by atoms with Crippen molar-refractivity contribution in [2.75, 3.05) is 11.5 Å². The van der Waals surface area contributed by atoms with Crippen LogP contribution in [0.3, 0.4) is 0 Å². The molecule has 4 nitrogen and oxygen atoms in total. The van der Waals surface area contributed by atoms with Gasteiger partial charge >= 0.3 is 0 Å². The maximum absolute atomic E-state index is 12.1. The number of carbonyl (C=O) groups is 1. The van der Waals surface area contributed by atoms with Gasteiger partial charge in [0.1, 0.15) is 5.75 Å². The number of nitrogens with two attached hydrogens (primary N) is 1. The molecule has 0 bridgehead atoms. The summed E-state index contributed by atoms with van der Waals surface area (Å²) >= 11 is 0. The van der Waals surface area contributed by atoms with Gasteiger partial charge in [-0.15, -0.1) is 0 Å². The molecule has 0 aromatic heterocycles. The SMILES string of the molecule is CCCC(C)NC(=O)CS(=O)c1ccc(N)cc1C. The summed E-state index contributed by atoms with van der Waals surface area (Å²) in [7, 11) is -1.32. The van der Waals surface area contributed by atoms with Crippen LogP contribution in [0.4, 0.5) is 5.69 Å². The first-order chi connectivity index (χ1) is 8.93. The third-order valence-corrected chi connectivity index (χ3v) is 4.31. The quantitative estimate of drug-likeness (QED) is 0.784. The minimum atomic E-state index is -1.32. The highest BCUT2D eigenvalue weighted by molar-refractivity contribution is 7.85. The van der Waals surface area contributed by atoms with Gasteiger partial charge in [0.25, 0.3) is 0 Å². The molecule has 0 aliphatic rings. The lowest BCUT2D eigenvalue weighted by Crippen LogP contribution is -2.35. The van der Waals surface area contributed by atoms with Crippen molar-refractivity contribution in [2.45, 2.75) is 44.6 Å². The Morgan fingerprint density at radius 1 is 1.47 bits per heavy atom. The predicted molar refractivity (Wildman–Crippen MR) is 79.4 cm³/mol. The zero-order valence-electron chi connectivity index (χ0n) is 11.7. The highest BCUT2D eigenvalue weighted by Gasteiger charge is 2.14. The van der Waals surface area contributed by atoms with E-state index < -0.39 is 10.8 Å². The zero-order chi connectivity index (χ0) is 14.4. The standard InChI is InChI=1S/C14H22N2O2S/c1-4-5-11(3)16-14(17)9-19(18)13-7-6-12(15)8-10(13)2/h6-8,11H,4-5,9,15H2,1-3H3,(H,16,17). The van der Waals surface area contributed by atoms with Crippen molar-refractivity contribution in [1.82, 2.24) is 5.32 Å². The van der Waals surface area contributed by atoms with E-state index in [4.69, 9.17) is 5.73 Å². The fraction of sp³-hybridized carbons (Fsp3) is 0.500. The highest BCUT2D eigenvalue weighted by Crippen LogP contribution is 2.16. The number of benzene rings is 1. The highest BCUT2D eigenvalue weighted by atomic mass is 32.2. The minimum Gasteiger partial charge on any atom is -0.399 e. The monoisotopic (exact) mass is 282 g/mol. The molecule has 0 heterocycles. The molecule has 5 heteroatoms. The van der Waals surface area contributed by atoms with Crippen LogP contribution in [0.5, 0.6) is 0 Å². The summed E-state index contributed by atoms with van der Waals surface area (Å²) in [5.74, 6) is -0.172. The van der Waals surface area contributed by atoms with Crippen LogP contribution in [0, 0.1) is 6.92 Å². The average Bonchev–Trinajstić information content (AvgIpc) is 2.28. The average molecular weight is 282 g/mol. The molecule has 1 rings (SSSR count). The number of hydrogen-bond donors (Lipinski definition) is 2. The van der Waals surface area contributed by atoms with E-state index in [1.54, 1.807) is 18.2 Å². The Bertz CT molecular complexity index is 475. The van der Waals surface area contributed by atoms with Gasteiger partial charge in [-0.3, -0.25) is 9.00 Å². The lowest BCUT2D eigenvalue weighted by molar-refractivity contribution is -0.119. The molecule has 0 radical (unpaired) electrons. The van der Waals surface area contributed by atoms with Gasteiger partial charge < -0.3 is 11.1 Å². The molecule has 1 aromatic carbocycles. The number of nitrogen functional groups attached to an aromatic ring is 1. The van der Waals surface area contributed by atoms with Crippen LogP contribution in [-0.2, 0) is 15.6 Å². The Labute approximate surface area is 117 Å². The van der Waals surface area contributed by atoms with E-state index in [2.05, 4.69) is 12.2 Å². The van der Waals surface area contributed by atoms with Crippen LogP contribution in [-0.4, -0.2) is 21.9 Å². The normalized spacial score (nSPS) is 13.8. The first-order valence-corrected chi connectivity index (χ1v) is 7.79. The summed E-state index contributed by atoms with van der Waals surface area (Å²) in [6.07, 6.45) is 1.95. The van der Waals surface area contributed by atoms with Gasteiger partial charge in [0, 0.05) is 16.6 Å². The van der Waals surface area contributed by atoms with E-state index in [0.717, 1.165) is 18.4 Å². The molecule has 106 valence electrons. The van der Waals surface area contributed by atoms with E-state index in [1.165, 1.54) is 0 Å². The van der Waals surface area contributed by atoms with Crippen LogP contribution < -0.4 is 11.1 Å². The number of carbonyl (C=O) groups excluding carboxylic acids is 1. The van der Waals surface area contributed by atoms with Crippen molar-refractivity contribution in [3.63, 3.8) is 0 Å². The molecule has 0 aliphatic heterocycles. The van der Waals surface area contributed by atoms with E-state index in [-0.39, 0.29) is 17.7 Å². The van der Waals surface area contributed by atoms with Crippen molar-refractivity contribution >= 4 is 22.4 Å². The van der Waals surface area contributed by atoms with Gasteiger partial charge in [-0.2, -0.15) is 0 Å². The fourth-order valence-corrected chi connectivity index (χ4v) is 3.06. The van der Waals surface area contributed by atoms with Crippen LogP contribution in [0.1, 0.15) is 32.3 Å². The molecule has 0 saturated heterocycles. The molecule has 1 aromatic rings. The third-order valence-electron chi connectivity index (χ3n) is 2.84. The van der Waals surface area contributed by atoms with Crippen LogP contribution in [0.25, 0.3) is 0 Å².